The number of rotatable bonds is 3. The van der Waals surface area contributed by atoms with Crippen LogP contribution in [-0.4, -0.2) is 45.9 Å². The molecule has 1 heterocycles. The first-order valence-corrected chi connectivity index (χ1v) is 7.49. The number of nitro groups is 1. The fourth-order valence-corrected chi connectivity index (χ4v) is 2.74. The Kier molecular flexibility index (Phi) is 5.22. The fraction of sp³-hybridized carbons (Fsp3) is 0.357. The van der Waals surface area contributed by atoms with E-state index < -0.39 is 16.9 Å². The topological polar surface area (TPSA) is 105 Å². The lowest BCUT2D eigenvalue weighted by Gasteiger charge is -2.36. The minimum Gasteiger partial charge on any atom is -0.353 e. The Morgan fingerprint density at radius 3 is 2.87 bits per heavy atom. The van der Waals surface area contributed by atoms with Crippen molar-refractivity contribution < 1.29 is 14.5 Å². The van der Waals surface area contributed by atoms with Gasteiger partial charge in [0.1, 0.15) is 11.6 Å². The van der Waals surface area contributed by atoms with Gasteiger partial charge >= 0.3 is 0 Å². The van der Waals surface area contributed by atoms with Crippen LogP contribution in [-0.2, 0) is 4.79 Å². The quantitative estimate of drug-likeness (QED) is 0.481. The third kappa shape index (κ3) is 3.62. The molecule has 0 saturated carbocycles. The van der Waals surface area contributed by atoms with Gasteiger partial charge in [0.15, 0.2) is 5.11 Å². The molecule has 0 bridgehead atoms. The van der Waals surface area contributed by atoms with E-state index in [1.165, 1.54) is 24.3 Å². The maximum atomic E-state index is 12.3. The first-order chi connectivity index (χ1) is 11.0. The lowest BCUT2D eigenvalue weighted by molar-refractivity contribution is -0.385. The Morgan fingerprint density at radius 2 is 2.22 bits per heavy atom. The van der Waals surface area contributed by atoms with Crippen molar-refractivity contribution in [3.8, 4) is 0 Å². The molecular formula is C14H16N4O4S. The maximum absolute atomic E-state index is 12.3. The molecule has 9 heteroatoms. The molecule has 1 saturated heterocycles. The first kappa shape index (κ1) is 16.8. The second-order valence-corrected chi connectivity index (χ2v) is 5.33. The highest BCUT2D eigenvalue weighted by atomic mass is 32.1. The summed E-state index contributed by atoms with van der Waals surface area (Å²) in [6, 6.07) is 5.17. The predicted octanol–water partition coefficient (Wildman–Crippen LogP) is 0.820. The van der Waals surface area contributed by atoms with Crippen LogP contribution in [0, 0.1) is 10.1 Å². The van der Waals surface area contributed by atoms with Crippen molar-refractivity contribution in [3.05, 3.63) is 39.9 Å². The van der Waals surface area contributed by atoms with Crippen LogP contribution in [0.5, 0.6) is 0 Å². The van der Waals surface area contributed by atoms with E-state index in [9.17, 15) is 19.7 Å². The van der Waals surface area contributed by atoms with Crippen LogP contribution in [0.15, 0.2) is 24.3 Å². The van der Waals surface area contributed by atoms with Crippen molar-refractivity contribution in [1.29, 1.82) is 0 Å². The van der Waals surface area contributed by atoms with E-state index in [-0.39, 0.29) is 22.3 Å². The zero-order chi connectivity index (χ0) is 17.0. The summed E-state index contributed by atoms with van der Waals surface area (Å²) < 4.78 is 0. The molecule has 0 spiro atoms. The van der Waals surface area contributed by atoms with Crippen LogP contribution >= 0.6 is 12.2 Å². The van der Waals surface area contributed by atoms with Crippen molar-refractivity contribution >= 4 is 34.8 Å². The van der Waals surface area contributed by atoms with Gasteiger partial charge in [-0.3, -0.25) is 25.0 Å². The van der Waals surface area contributed by atoms with Gasteiger partial charge in [0, 0.05) is 19.2 Å². The van der Waals surface area contributed by atoms with Crippen molar-refractivity contribution in [1.82, 2.24) is 15.5 Å². The lowest BCUT2D eigenvalue weighted by Crippen LogP contribution is -2.59. The minimum atomic E-state index is -0.664. The number of hydrogen-bond donors (Lipinski definition) is 2. The van der Waals surface area contributed by atoms with E-state index >= 15 is 0 Å². The number of para-hydroxylation sites is 1. The van der Waals surface area contributed by atoms with E-state index in [0.717, 1.165) is 0 Å². The van der Waals surface area contributed by atoms with Crippen LogP contribution in [0.4, 0.5) is 5.69 Å². The molecule has 0 unspecified atom stereocenters. The highest BCUT2D eigenvalue weighted by Gasteiger charge is 2.31. The van der Waals surface area contributed by atoms with Crippen LogP contribution in [0.2, 0.25) is 0 Å². The van der Waals surface area contributed by atoms with Crippen LogP contribution in [0.1, 0.15) is 23.7 Å². The largest absolute Gasteiger partial charge is 0.353 e. The summed E-state index contributed by atoms with van der Waals surface area (Å²) in [7, 11) is 0. The number of piperazine rings is 1. The monoisotopic (exact) mass is 336 g/mol. The zero-order valence-corrected chi connectivity index (χ0v) is 13.3. The normalized spacial score (nSPS) is 17.3. The predicted molar refractivity (Wildman–Crippen MR) is 87.0 cm³/mol. The van der Waals surface area contributed by atoms with Gasteiger partial charge in [-0.25, -0.2) is 0 Å². The molecule has 1 fully saturated rings. The van der Waals surface area contributed by atoms with Crippen molar-refractivity contribution in [2.75, 3.05) is 13.1 Å². The number of carbonyl (C=O) groups is 2. The molecule has 1 aromatic carbocycles. The summed E-state index contributed by atoms with van der Waals surface area (Å²) in [4.78, 5) is 36.1. The Labute approximate surface area is 138 Å². The molecule has 1 aliphatic rings. The molecule has 2 rings (SSSR count). The minimum absolute atomic E-state index is 0.0747. The molecule has 122 valence electrons. The van der Waals surface area contributed by atoms with E-state index in [4.69, 9.17) is 12.2 Å². The number of nitro benzene ring substituents is 1. The van der Waals surface area contributed by atoms with Gasteiger partial charge in [-0.1, -0.05) is 19.1 Å². The number of benzene rings is 1. The average Bonchev–Trinajstić information content (AvgIpc) is 2.54. The molecule has 0 aliphatic carbocycles. The zero-order valence-electron chi connectivity index (χ0n) is 12.4. The summed E-state index contributed by atoms with van der Waals surface area (Å²) in [6.45, 7) is 2.74. The van der Waals surface area contributed by atoms with E-state index in [0.29, 0.717) is 19.5 Å². The molecule has 1 atom stereocenters. The van der Waals surface area contributed by atoms with Crippen molar-refractivity contribution in [2.24, 2.45) is 0 Å². The highest BCUT2D eigenvalue weighted by molar-refractivity contribution is 7.80. The SMILES string of the molecule is CC[C@@H]1C(=O)NCCN1C(=S)NC(=O)c1ccccc1[N+](=O)[O-]. The first-order valence-electron chi connectivity index (χ1n) is 7.08. The van der Waals surface area contributed by atoms with E-state index in [1.807, 2.05) is 6.92 Å². The molecule has 2 N–H and O–H groups in total. The van der Waals surface area contributed by atoms with Gasteiger partial charge in [-0.05, 0) is 24.7 Å². The fourth-order valence-electron chi connectivity index (χ4n) is 2.42. The second-order valence-electron chi connectivity index (χ2n) is 4.94. The Bertz CT molecular complexity index is 664. The number of amides is 2. The standard InChI is InChI=1S/C14H16N4O4S/c1-2-10-13(20)15-7-8-17(10)14(23)16-12(19)9-5-3-4-6-11(9)18(21)22/h3-6,10H,2,7-8H2,1H3,(H,15,20)(H,16,19,23)/t10-/m1/s1. The van der Waals surface area contributed by atoms with E-state index in [1.54, 1.807) is 4.90 Å². The van der Waals surface area contributed by atoms with Gasteiger partial charge in [-0.2, -0.15) is 0 Å². The molecule has 1 aliphatic heterocycles. The third-order valence-corrected chi connectivity index (χ3v) is 3.88. The molecule has 0 aromatic heterocycles. The summed E-state index contributed by atoms with van der Waals surface area (Å²) in [5.74, 6) is -0.816. The molecule has 1 aromatic rings. The Balaban J connectivity index is 2.15. The van der Waals surface area contributed by atoms with Gasteiger partial charge in [-0.15, -0.1) is 0 Å². The molecule has 0 radical (unpaired) electrons. The molecule has 8 nitrogen and oxygen atoms in total. The average molecular weight is 336 g/mol. The number of nitrogens with one attached hydrogen (secondary N) is 2. The smallest absolute Gasteiger partial charge is 0.282 e. The van der Waals surface area contributed by atoms with Gasteiger partial charge in [0.05, 0.1) is 4.92 Å². The number of nitrogens with zero attached hydrogens (tertiary/aromatic N) is 2. The summed E-state index contributed by atoms with van der Waals surface area (Å²) in [5.41, 5.74) is -0.370. The lowest BCUT2D eigenvalue weighted by atomic mass is 10.1. The number of hydrogen-bond acceptors (Lipinski definition) is 5. The van der Waals surface area contributed by atoms with E-state index in [2.05, 4.69) is 10.6 Å². The molecular weight excluding hydrogens is 320 g/mol. The van der Waals surface area contributed by atoms with Crippen LogP contribution < -0.4 is 10.6 Å². The molecule has 2 amide bonds. The summed E-state index contributed by atoms with van der Waals surface area (Å²) >= 11 is 5.20. The summed E-state index contributed by atoms with van der Waals surface area (Å²) in [6.07, 6.45) is 0.535. The summed E-state index contributed by atoms with van der Waals surface area (Å²) in [5, 5.41) is 16.3. The van der Waals surface area contributed by atoms with Gasteiger partial charge < -0.3 is 10.2 Å². The number of thiocarbonyl (C=S) groups is 1. The molecule has 23 heavy (non-hydrogen) atoms. The van der Waals surface area contributed by atoms with Crippen LogP contribution in [0.25, 0.3) is 0 Å². The van der Waals surface area contributed by atoms with Crippen molar-refractivity contribution in [3.63, 3.8) is 0 Å². The van der Waals surface area contributed by atoms with Gasteiger partial charge in [0.25, 0.3) is 11.6 Å². The Morgan fingerprint density at radius 1 is 1.52 bits per heavy atom. The maximum Gasteiger partial charge on any atom is 0.282 e. The second kappa shape index (κ2) is 7.14. The van der Waals surface area contributed by atoms with Crippen LogP contribution in [0.3, 0.4) is 0 Å². The highest BCUT2D eigenvalue weighted by Crippen LogP contribution is 2.17. The Hall–Kier alpha value is -2.55. The van der Waals surface area contributed by atoms with Gasteiger partial charge in [0.2, 0.25) is 5.91 Å². The third-order valence-electron chi connectivity index (χ3n) is 3.54. The van der Waals surface area contributed by atoms with Crippen molar-refractivity contribution in [2.45, 2.75) is 19.4 Å². The number of carbonyl (C=O) groups excluding carboxylic acids is 2.